The Balaban J connectivity index is 1.51. The third-order valence-corrected chi connectivity index (χ3v) is 5.75. The van der Waals surface area contributed by atoms with Crippen molar-refractivity contribution in [2.75, 3.05) is 12.3 Å². The highest BCUT2D eigenvalue weighted by Crippen LogP contribution is 2.50. The molecule has 0 bridgehead atoms. The van der Waals surface area contributed by atoms with Crippen LogP contribution in [0.25, 0.3) is 0 Å². The van der Waals surface area contributed by atoms with Crippen LogP contribution >= 0.6 is 11.3 Å². The second kappa shape index (κ2) is 5.15. The predicted molar refractivity (Wildman–Crippen MR) is 89.5 cm³/mol. The van der Waals surface area contributed by atoms with Gasteiger partial charge in [-0.05, 0) is 54.8 Å². The first-order valence-electron chi connectivity index (χ1n) is 7.88. The van der Waals surface area contributed by atoms with Crippen molar-refractivity contribution in [2.24, 2.45) is 0 Å². The van der Waals surface area contributed by atoms with E-state index in [1.807, 2.05) is 11.3 Å². The molecule has 0 atom stereocenters. The van der Waals surface area contributed by atoms with E-state index in [2.05, 4.69) is 46.7 Å². The molecule has 0 radical (unpaired) electrons. The van der Waals surface area contributed by atoms with E-state index in [1.54, 1.807) is 0 Å². The summed E-state index contributed by atoms with van der Waals surface area (Å²) in [6.07, 6.45) is 5.40. The quantitative estimate of drug-likeness (QED) is 0.816. The van der Waals surface area contributed by atoms with Gasteiger partial charge in [-0.25, -0.2) is 0 Å². The van der Waals surface area contributed by atoms with E-state index in [4.69, 9.17) is 5.73 Å². The lowest BCUT2D eigenvalue weighted by Crippen LogP contribution is -2.33. The molecule has 110 valence electrons. The van der Waals surface area contributed by atoms with E-state index in [0.29, 0.717) is 5.41 Å². The molecule has 1 aromatic carbocycles. The van der Waals surface area contributed by atoms with E-state index in [1.165, 1.54) is 42.7 Å². The summed E-state index contributed by atoms with van der Waals surface area (Å²) in [5.41, 5.74) is 8.58. The van der Waals surface area contributed by atoms with Gasteiger partial charge in [0.25, 0.3) is 0 Å². The van der Waals surface area contributed by atoms with Crippen LogP contribution in [0.1, 0.15) is 36.1 Å². The summed E-state index contributed by atoms with van der Waals surface area (Å²) >= 11 is 1.88. The Morgan fingerprint density at radius 1 is 1.14 bits per heavy atom. The van der Waals surface area contributed by atoms with Crippen LogP contribution in [-0.2, 0) is 12.0 Å². The molecule has 2 aliphatic rings. The third-order valence-electron chi connectivity index (χ3n) is 4.88. The minimum atomic E-state index is 0.396. The van der Waals surface area contributed by atoms with Gasteiger partial charge in [-0.1, -0.05) is 18.2 Å². The maximum atomic E-state index is 5.83. The second-order valence-corrected chi connectivity index (χ2v) is 7.65. The van der Waals surface area contributed by atoms with Crippen molar-refractivity contribution in [3.8, 4) is 0 Å². The van der Waals surface area contributed by atoms with Crippen LogP contribution in [0.3, 0.4) is 0 Å². The molecular weight excluding hydrogens is 276 g/mol. The van der Waals surface area contributed by atoms with Crippen molar-refractivity contribution in [3.63, 3.8) is 0 Å². The van der Waals surface area contributed by atoms with Gasteiger partial charge in [0.15, 0.2) is 0 Å². The van der Waals surface area contributed by atoms with Crippen molar-refractivity contribution < 1.29 is 0 Å². The number of thiophene rings is 1. The molecule has 4 rings (SSSR count). The van der Waals surface area contributed by atoms with Crippen LogP contribution in [0, 0.1) is 0 Å². The summed E-state index contributed by atoms with van der Waals surface area (Å²) in [6, 6.07) is 13.8. The molecule has 2 aliphatic carbocycles. The summed E-state index contributed by atoms with van der Waals surface area (Å²) in [7, 11) is 0. The van der Waals surface area contributed by atoms with Crippen LogP contribution in [0.15, 0.2) is 41.8 Å². The van der Waals surface area contributed by atoms with Crippen LogP contribution in [0.5, 0.6) is 0 Å². The Morgan fingerprint density at radius 2 is 1.90 bits per heavy atom. The maximum absolute atomic E-state index is 5.83. The molecule has 0 aliphatic heterocycles. The van der Waals surface area contributed by atoms with Gasteiger partial charge in [-0.2, -0.15) is 0 Å². The summed E-state index contributed by atoms with van der Waals surface area (Å²) < 4.78 is 0. The number of nitrogens with zero attached hydrogens (tertiary/aromatic N) is 1. The molecule has 2 nitrogen and oxygen atoms in total. The first kappa shape index (κ1) is 13.4. The summed E-state index contributed by atoms with van der Waals surface area (Å²) in [4.78, 5) is 4.21. The molecule has 0 spiro atoms. The van der Waals surface area contributed by atoms with Crippen LogP contribution < -0.4 is 5.73 Å². The Hall–Kier alpha value is -1.32. The van der Waals surface area contributed by atoms with Crippen molar-refractivity contribution in [1.29, 1.82) is 0 Å². The fourth-order valence-corrected chi connectivity index (χ4v) is 4.00. The van der Waals surface area contributed by atoms with Gasteiger partial charge in [0.05, 0.1) is 0 Å². The largest absolute Gasteiger partial charge is 0.399 e. The van der Waals surface area contributed by atoms with Gasteiger partial charge < -0.3 is 5.73 Å². The van der Waals surface area contributed by atoms with Crippen molar-refractivity contribution in [2.45, 2.75) is 43.7 Å². The molecule has 21 heavy (non-hydrogen) atoms. The van der Waals surface area contributed by atoms with E-state index in [0.717, 1.165) is 18.3 Å². The normalized spacial score (nSPS) is 19.9. The highest BCUT2D eigenvalue weighted by Gasteiger charge is 2.47. The van der Waals surface area contributed by atoms with E-state index < -0.39 is 0 Å². The van der Waals surface area contributed by atoms with Gasteiger partial charge in [-0.3, -0.25) is 4.90 Å². The molecule has 1 aromatic heterocycles. The molecule has 1 heterocycles. The standard InChI is InChI=1S/C18H22N2S/c19-15-5-3-14(4-6-15)18(9-10-18)13-20(16-7-8-16)12-17-2-1-11-21-17/h1-6,11,16H,7-10,12-13,19H2. The maximum Gasteiger partial charge on any atom is 0.0331 e. The SMILES string of the molecule is Nc1ccc(C2(CN(Cc3cccs3)C3CC3)CC2)cc1. The smallest absolute Gasteiger partial charge is 0.0331 e. The van der Waals surface area contributed by atoms with Gasteiger partial charge in [0.2, 0.25) is 0 Å². The zero-order valence-electron chi connectivity index (χ0n) is 12.3. The third kappa shape index (κ3) is 2.85. The number of hydrogen-bond donors (Lipinski definition) is 1. The molecule has 2 aromatic rings. The number of benzene rings is 1. The number of hydrogen-bond acceptors (Lipinski definition) is 3. The molecule has 2 fully saturated rings. The molecular formula is C18H22N2S. The van der Waals surface area contributed by atoms with Crippen LogP contribution in [0.2, 0.25) is 0 Å². The average Bonchev–Trinajstić information content (AvgIpc) is 3.40. The van der Waals surface area contributed by atoms with Gasteiger partial charge in [-0.15, -0.1) is 11.3 Å². The van der Waals surface area contributed by atoms with Crippen molar-refractivity contribution in [3.05, 3.63) is 52.2 Å². The predicted octanol–water partition coefficient (Wildman–Crippen LogP) is 4.03. The molecule has 0 saturated heterocycles. The first-order chi connectivity index (χ1) is 10.3. The molecule has 0 unspecified atom stereocenters. The topological polar surface area (TPSA) is 29.3 Å². The minimum Gasteiger partial charge on any atom is -0.399 e. The average molecular weight is 298 g/mol. The lowest BCUT2D eigenvalue weighted by molar-refractivity contribution is 0.232. The number of anilines is 1. The fraction of sp³-hybridized carbons (Fsp3) is 0.444. The number of nitrogen functional groups attached to an aromatic ring is 1. The van der Waals surface area contributed by atoms with Gasteiger partial charge in [0.1, 0.15) is 0 Å². The van der Waals surface area contributed by atoms with E-state index >= 15 is 0 Å². The Kier molecular flexibility index (Phi) is 3.27. The minimum absolute atomic E-state index is 0.396. The van der Waals surface area contributed by atoms with Crippen LogP contribution in [-0.4, -0.2) is 17.5 Å². The zero-order valence-corrected chi connectivity index (χ0v) is 13.1. The summed E-state index contributed by atoms with van der Waals surface area (Å²) in [6.45, 7) is 2.33. The monoisotopic (exact) mass is 298 g/mol. The molecule has 2 saturated carbocycles. The first-order valence-corrected chi connectivity index (χ1v) is 8.76. The van der Waals surface area contributed by atoms with Gasteiger partial charge >= 0.3 is 0 Å². The van der Waals surface area contributed by atoms with Crippen LogP contribution in [0.4, 0.5) is 5.69 Å². The Morgan fingerprint density at radius 3 is 2.48 bits per heavy atom. The second-order valence-electron chi connectivity index (χ2n) is 6.62. The lowest BCUT2D eigenvalue weighted by atomic mass is 9.95. The van der Waals surface area contributed by atoms with E-state index in [-0.39, 0.29) is 0 Å². The lowest BCUT2D eigenvalue weighted by Gasteiger charge is -2.27. The fourth-order valence-electron chi connectivity index (χ4n) is 3.27. The number of rotatable bonds is 6. The highest BCUT2D eigenvalue weighted by atomic mass is 32.1. The zero-order chi connectivity index (χ0) is 14.3. The van der Waals surface area contributed by atoms with Gasteiger partial charge in [0, 0.05) is 35.1 Å². The number of nitrogens with two attached hydrogens (primary N) is 1. The molecule has 3 heteroatoms. The van der Waals surface area contributed by atoms with E-state index in [9.17, 15) is 0 Å². The Bertz CT molecular complexity index is 595. The summed E-state index contributed by atoms with van der Waals surface area (Å²) in [5.74, 6) is 0. The molecule has 2 N–H and O–H groups in total. The molecule has 0 amide bonds. The summed E-state index contributed by atoms with van der Waals surface area (Å²) in [5, 5.41) is 2.19. The highest BCUT2D eigenvalue weighted by molar-refractivity contribution is 7.09. The van der Waals surface area contributed by atoms with Crippen molar-refractivity contribution >= 4 is 17.0 Å². The van der Waals surface area contributed by atoms with Crippen molar-refractivity contribution in [1.82, 2.24) is 4.90 Å². The Labute approximate surface area is 130 Å².